The molecule has 1 aliphatic carbocycles. The van der Waals surface area contributed by atoms with Crippen LogP contribution in [0.15, 0.2) is 40.2 Å². The summed E-state index contributed by atoms with van der Waals surface area (Å²) in [5.74, 6) is 1.09. The fraction of sp³-hybridized carbons (Fsp3) is 0.652. The number of likely N-dealkylation sites (tertiary alicyclic amines) is 1. The van der Waals surface area contributed by atoms with Crippen LogP contribution in [0.3, 0.4) is 0 Å². The average molecular weight is 577 g/mol. The Morgan fingerprint density at radius 3 is 2.47 bits per heavy atom. The third-order valence-electron chi connectivity index (χ3n) is 6.38. The number of carbonyl (C=O) groups excluding carboxylic acids is 1. The van der Waals surface area contributed by atoms with Crippen LogP contribution in [0, 0.1) is 5.92 Å². The SMILES string of the molecule is CCC(CS(=O)(=O)c1ccccc1)NC(=NC)NC1CCN(C(=O)C2CCCCC2)C1.I. The van der Waals surface area contributed by atoms with E-state index in [0.717, 1.165) is 38.6 Å². The van der Waals surface area contributed by atoms with Gasteiger partial charge in [0.2, 0.25) is 5.91 Å². The Kier molecular flexibility index (Phi) is 10.7. The molecule has 1 saturated heterocycles. The zero-order chi connectivity index (χ0) is 22.3. The van der Waals surface area contributed by atoms with Crippen molar-refractivity contribution in [3.63, 3.8) is 0 Å². The lowest BCUT2D eigenvalue weighted by atomic mass is 9.88. The summed E-state index contributed by atoms with van der Waals surface area (Å²) in [6, 6.07) is 8.42. The molecule has 1 saturated carbocycles. The summed E-state index contributed by atoms with van der Waals surface area (Å²) in [7, 11) is -1.70. The number of carbonyl (C=O) groups is 1. The molecular weight excluding hydrogens is 539 g/mol. The first-order valence-electron chi connectivity index (χ1n) is 11.5. The van der Waals surface area contributed by atoms with Crippen molar-refractivity contribution in [1.29, 1.82) is 0 Å². The Labute approximate surface area is 209 Å². The lowest BCUT2D eigenvalue weighted by Gasteiger charge is -2.27. The van der Waals surface area contributed by atoms with Gasteiger partial charge in [0, 0.05) is 38.1 Å². The van der Waals surface area contributed by atoms with E-state index in [1.807, 2.05) is 17.9 Å². The molecule has 3 rings (SSSR count). The molecule has 2 N–H and O–H groups in total. The number of aliphatic imine (C=N–C) groups is 1. The minimum absolute atomic E-state index is 0. The largest absolute Gasteiger partial charge is 0.353 e. The molecular formula is C23H37IN4O3S. The highest BCUT2D eigenvalue weighted by Crippen LogP contribution is 2.26. The molecule has 2 atom stereocenters. The smallest absolute Gasteiger partial charge is 0.225 e. The molecule has 1 aromatic rings. The first kappa shape index (κ1) is 26.9. The molecule has 7 nitrogen and oxygen atoms in total. The summed E-state index contributed by atoms with van der Waals surface area (Å²) in [4.78, 5) is 19.4. The fourth-order valence-electron chi connectivity index (χ4n) is 4.49. The highest BCUT2D eigenvalue weighted by Gasteiger charge is 2.32. The molecule has 0 aromatic heterocycles. The maximum Gasteiger partial charge on any atom is 0.225 e. The van der Waals surface area contributed by atoms with Crippen molar-refractivity contribution in [2.45, 2.75) is 68.8 Å². The number of sulfone groups is 1. The van der Waals surface area contributed by atoms with Crippen molar-refractivity contribution >= 4 is 45.7 Å². The molecule has 2 unspecified atom stereocenters. The van der Waals surface area contributed by atoms with E-state index in [1.54, 1.807) is 31.3 Å². The highest BCUT2D eigenvalue weighted by atomic mass is 127. The van der Waals surface area contributed by atoms with Crippen LogP contribution in [0.5, 0.6) is 0 Å². The van der Waals surface area contributed by atoms with E-state index >= 15 is 0 Å². The van der Waals surface area contributed by atoms with Gasteiger partial charge in [-0.15, -0.1) is 24.0 Å². The summed E-state index contributed by atoms with van der Waals surface area (Å²) in [6.45, 7) is 3.41. The van der Waals surface area contributed by atoms with Gasteiger partial charge >= 0.3 is 0 Å². The van der Waals surface area contributed by atoms with Gasteiger partial charge in [-0.3, -0.25) is 9.79 Å². The summed E-state index contributed by atoms with van der Waals surface area (Å²) < 4.78 is 25.5. The van der Waals surface area contributed by atoms with E-state index < -0.39 is 9.84 Å². The van der Waals surface area contributed by atoms with Crippen molar-refractivity contribution < 1.29 is 13.2 Å². The molecule has 9 heteroatoms. The van der Waals surface area contributed by atoms with Crippen molar-refractivity contribution in [1.82, 2.24) is 15.5 Å². The topological polar surface area (TPSA) is 90.9 Å². The minimum Gasteiger partial charge on any atom is -0.353 e. The first-order valence-corrected chi connectivity index (χ1v) is 13.1. The maximum absolute atomic E-state index is 12.8. The predicted molar refractivity (Wildman–Crippen MR) is 139 cm³/mol. The van der Waals surface area contributed by atoms with E-state index in [1.165, 1.54) is 6.42 Å². The quantitative estimate of drug-likeness (QED) is 0.296. The van der Waals surface area contributed by atoms with Crippen LogP contribution in [0.2, 0.25) is 0 Å². The van der Waals surface area contributed by atoms with Crippen LogP contribution in [-0.2, 0) is 14.6 Å². The number of hydrogen-bond acceptors (Lipinski definition) is 4. The summed E-state index contributed by atoms with van der Waals surface area (Å²) >= 11 is 0. The monoisotopic (exact) mass is 576 g/mol. The number of hydrogen-bond donors (Lipinski definition) is 2. The molecule has 1 aromatic carbocycles. The highest BCUT2D eigenvalue weighted by molar-refractivity contribution is 14.0. The molecule has 2 fully saturated rings. The maximum atomic E-state index is 12.8. The Hall–Kier alpha value is -1.36. The lowest BCUT2D eigenvalue weighted by molar-refractivity contribution is -0.135. The van der Waals surface area contributed by atoms with Crippen molar-refractivity contribution in [2.24, 2.45) is 10.9 Å². The Morgan fingerprint density at radius 2 is 1.84 bits per heavy atom. The van der Waals surface area contributed by atoms with Crippen LogP contribution >= 0.6 is 24.0 Å². The van der Waals surface area contributed by atoms with Crippen molar-refractivity contribution in [2.75, 3.05) is 25.9 Å². The zero-order valence-corrected chi connectivity index (χ0v) is 22.3. The van der Waals surface area contributed by atoms with E-state index in [4.69, 9.17) is 0 Å². The van der Waals surface area contributed by atoms with Crippen LogP contribution in [0.25, 0.3) is 0 Å². The third-order valence-corrected chi connectivity index (χ3v) is 8.21. The number of nitrogens with one attached hydrogen (secondary N) is 2. The average Bonchev–Trinajstić information content (AvgIpc) is 3.27. The van der Waals surface area contributed by atoms with Crippen LogP contribution in [-0.4, -0.2) is 63.2 Å². The van der Waals surface area contributed by atoms with Gasteiger partial charge in [-0.2, -0.15) is 0 Å². The van der Waals surface area contributed by atoms with Crippen LogP contribution in [0.1, 0.15) is 51.9 Å². The van der Waals surface area contributed by atoms with Gasteiger partial charge in [0.25, 0.3) is 0 Å². The standard InChI is InChI=1S/C23H36N4O3S.HI/c1-3-19(17-31(29,30)21-12-8-5-9-13-21)25-23(24-2)26-20-14-15-27(16-20)22(28)18-10-6-4-7-11-18;/h5,8-9,12-13,18-20H,3-4,6-7,10-11,14-17H2,1-2H3,(H2,24,25,26);1H. The number of amides is 1. The predicted octanol–water partition coefficient (Wildman–Crippen LogP) is 3.20. The number of rotatable bonds is 7. The Balaban J connectivity index is 0.00000363. The van der Waals surface area contributed by atoms with Gasteiger partial charge in [0.05, 0.1) is 10.6 Å². The van der Waals surface area contributed by atoms with Gasteiger partial charge in [-0.25, -0.2) is 8.42 Å². The molecule has 0 radical (unpaired) electrons. The van der Waals surface area contributed by atoms with Gasteiger partial charge in [0.15, 0.2) is 15.8 Å². The molecule has 32 heavy (non-hydrogen) atoms. The fourth-order valence-corrected chi connectivity index (χ4v) is 6.11. The third kappa shape index (κ3) is 7.33. The number of guanidine groups is 1. The summed E-state index contributed by atoms with van der Waals surface area (Å²) in [5, 5.41) is 6.66. The normalized spacial score (nSPS) is 21.0. The van der Waals surface area contributed by atoms with Gasteiger partial charge in [-0.1, -0.05) is 44.4 Å². The molecule has 1 heterocycles. The molecule has 2 aliphatic rings. The molecule has 180 valence electrons. The molecule has 0 bridgehead atoms. The van der Waals surface area contributed by atoms with E-state index in [0.29, 0.717) is 29.7 Å². The van der Waals surface area contributed by atoms with Gasteiger partial charge < -0.3 is 15.5 Å². The van der Waals surface area contributed by atoms with E-state index in [9.17, 15) is 13.2 Å². The second kappa shape index (κ2) is 12.8. The molecule has 1 aliphatic heterocycles. The molecule has 1 amide bonds. The van der Waals surface area contributed by atoms with Crippen molar-refractivity contribution in [3.05, 3.63) is 30.3 Å². The molecule has 0 spiro atoms. The second-order valence-electron chi connectivity index (χ2n) is 8.67. The van der Waals surface area contributed by atoms with E-state index in [-0.39, 0.29) is 47.7 Å². The number of halogens is 1. The first-order chi connectivity index (χ1) is 14.9. The minimum atomic E-state index is -3.38. The van der Waals surface area contributed by atoms with Crippen molar-refractivity contribution in [3.8, 4) is 0 Å². The lowest BCUT2D eigenvalue weighted by Crippen LogP contribution is -2.50. The van der Waals surface area contributed by atoms with E-state index in [2.05, 4.69) is 15.6 Å². The van der Waals surface area contributed by atoms with Crippen LogP contribution < -0.4 is 10.6 Å². The second-order valence-corrected chi connectivity index (χ2v) is 10.7. The summed E-state index contributed by atoms with van der Waals surface area (Å²) in [5.41, 5.74) is 0. The zero-order valence-electron chi connectivity index (χ0n) is 19.1. The number of nitrogens with zero attached hydrogens (tertiary/aromatic N) is 2. The number of benzene rings is 1. The Bertz CT molecular complexity index is 857. The summed E-state index contributed by atoms with van der Waals surface area (Å²) in [6.07, 6.45) is 7.13. The Morgan fingerprint density at radius 1 is 1.16 bits per heavy atom. The van der Waals surface area contributed by atoms with Gasteiger partial charge in [-0.05, 0) is 37.8 Å². The van der Waals surface area contributed by atoms with Gasteiger partial charge in [0.1, 0.15) is 0 Å². The van der Waals surface area contributed by atoms with Crippen LogP contribution in [0.4, 0.5) is 0 Å².